The van der Waals surface area contributed by atoms with Crippen molar-refractivity contribution in [3.8, 4) is 0 Å². The molecule has 0 atom stereocenters. The molecule has 0 aliphatic carbocycles. The van der Waals surface area contributed by atoms with Gasteiger partial charge in [-0.15, -0.1) is 0 Å². The lowest BCUT2D eigenvalue weighted by Gasteiger charge is -1.97. The number of rotatable bonds is 4. The Morgan fingerprint density at radius 1 is 1.50 bits per heavy atom. The highest BCUT2D eigenvalue weighted by atomic mass is 16.5. The SMILES string of the molecule is Cc1cnc(CNC(=O)c2cc(C(=O)O)on2)o1. The van der Waals surface area contributed by atoms with Crippen molar-refractivity contribution >= 4 is 11.9 Å². The highest BCUT2D eigenvalue weighted by molar-refractivity contribution is 5.94. The minimum atomic E-state index is -1.29. The smallest absolute Gasteiger partial charge is 0.374 e. The van der Waals surface area contributed by atoms with Gasteiger partial charge in [-0.3, -0.25) is 4.79 Å². The van der Waals surface area contributed by atoms with Gasteiger partial charge in [0.25, 0.3) is 5.91 Å². The van der Waals surface area contributed by atoms with E-state index >= 15 is 0 Å². The molecule has 0 spiro atoms. The van der Waals surface area contributed by atoms with Gasteiger partial charge in [0.05, 0.1) is 12.7 Å². The maximum atomic E-state index is 11.6. The Hall–Kier alpha value is -2.64. The van der Waals surface area contributed by atoms with Gasteiger partial charge in [-0.05, 0) is 6.92 Å². The normalized spacial score (nSPS) is 10.3. The third kappa shape index (κ3) is 2.54. The van der Waals surface area contributed by atoms with Crippen molar-refractivity contribution < 1.29 is 23.6 Å². The number of oxazole rings is 1. The van der Waals surface area contributed by atoms with Gasteiger partial charge < -0.3 is 19.4 Å². The van der Waals surface area contributed by atoms with Crippen LogP contribution in [0.3, 0.4) is 0 Å². The van der Waals surface area contributed by atoms with Gasteiger partial charge in [0.2, 0.25) is 11.7 Å². The zero-order chi connectivity index (χ0) is 13.1. The Labute approximate surface area is 101 Å². The fourth-order valence-corrected chi connectivity index (χ4v) is 1.21. The van der Waals surface area contributed by atoms with Gasteiger partial charge in [-0.1, -0.05) is 5.16 Å². The summed E-state index contributed by atoms with van der Waals surface area (Å²) in [6, 6.07) is 1.04. The summed E-state index contributed by atoms with van der Waals surface area (Å²) in [5, 5.41) is 14.4. The van der Waals surface area contributed by atoms with Crippen LogP contribution < -0.4 is 5.32 Å². The number of hydrogen-bond acceptors (Lipinski definition) is 6. The average molecular weight is 251 g/mol. The van der Waals surface area contributed by atoms with Gasteiger partial charge >= 0.3 is 5.97 Å². The average Bonchev–Trinajstić information content (AvgIpc) is 2.94. The summed E-state index contributed by atoms with van der Waals surface area (Å²) < 4.78 is 9.60. The van der Waals surface area contributed by atoms with Gasteiger partial charge in [-0.25, -0.2) is 9.78 Å². The van der Waals surface area contributed by atoms with Crippen molar-refractivity contribution in [2.45, 2.75) is 13.5 Å². The zero-order valence-corrected chi connectivity index (χ0v) is 9.34. The molecule has 0 saturated heterocycles. The second kappa shape index (κ2) is 4.70. The number of aryl methyl sites for hydroxylation is 1. The maximum absolute atomic E-state index is 11.6. The summed E-state index contributed by atoms with van der Waals surface area (Å²) in [7, 11) is 0. The van der Waals surface area contributed by atoms with Crippen LogP contribution in [0.1, 0.15) is 32.7 Å². The van der Waals surface area contributed by atoms with E-state index in [1.165, 1.54) is 6.20 Å². The first-order chi connectivity index (χ1) is 8.56. The molecule has 94 valence electrons. The first kappa shape index (κ1) is 11.8. The molecule has 1 amide bonds. The van der Waals surface area contributed by atoms with E-state index in [1.807, 2.05) is 0 Å². The van der Waals surface area contributed by atoms with E-state index < -0.39 is 17.6 Å². The molecule has 8 heteroatoms. The number of amides is 1. The fraction of sp³-hybridized carbons (Fsp3) is 0.200. The van der Waals surface area contributed by atoms with Gasteiger partial charge in [0.1, 0.15) is 5.76 Å². The van der Waals surface area contributed by atoms with Crippen molar-refractivity contribution in [1.82, 2.24) is 15.5 Å². The van der Waals surface area contributed by atoms with Gasteiger partial charge in [-0.2, -0.15) is 0 Å². The van der Waals surface area contributed by atoms with Crippen molar-refractivity contribution in [3.63, 3.8) is 0 Å². The van der Waals surface area contributed by atoms with Crippen LogP contribution in [-0.4, -0.2) is 27.1 Å². The number of carboxylic acid groups (broad SMARTS) is 1. The van der Waals surface area contributed by atoms with Crippen molar-refractivity contribution in [2.24, 2.45) is 0 Å². The predicted octanol–water partition coefficient (Wildman–Crippen LogP) is 0.599. The molecule has 2 aromatic heterocycles. The number of nitrogens with zero attached hydrogens (tertiary/aromatic N) is 2. The van der Waals surface area contributed by atoms with E-state index in [0.717, 1.165) is 6.07 Å². The molecule has 0 bridgehead atoms. The zero-order valence-electron chi connectivity index (χ0n) is 9.34. The van der Waals surface area contributed by atoms with Crippen LogP contribution in [0.2, 0.25) is 0 Å². The molecule has 2 heterocycles. The number of carboxylic acids is 1. The van der Waals surface area contributed by atoms with Crippen LogP contribution in [0.4, 0.5) is 0 Å². The molecular formula is C10H9N3O5. The standard InChI is InChI=1S/C10H9N3O5/c1-5-3-11-8(17-5)4-12-9(14)6-2-7(10(15)16)18-13-6/h2-3H,4H2,1H3,(H,12,14)(H,15,16). The Kier molecular flexibility index (Phi) is 3.09. The van der Waals surface area contributed by atoms with Crippen LogP contribution >= 0.6 is 0 Å². The lowest BCUT2D eigenvalue weighted by atomic mass is 10.3. The molecule has 0 aliphatic heterocycles. The second-order valence-electron chi connectivity index (χ2n) is 3.43. The van der Waals surface area contributed by atoms with E-state index in [-0.39, 0.29) is 12.2 Å². The molecule has 0 saturated carbocycles. The molecule has 2 N–H and O–H groups in total. The Bertz CT molecular complexity index is 586. The topological polar surface area (TPSA) is 118 Å². The Balaban J connectivity index is 1.97. The quantitative estimate of drug-likeness (QED) is 0.816. The number of hydrogen-bond donors (Lipinski definition) is 2. The molecule has 18 heavy (non-hydrogen) atoms. The van der Waals surface area contributed by atoms with Gasteiger partial charge in [0.15, 0.2) is 5.69 Å². The first-order valence-corrected chi connectivity index (χ1v) is 4.96. The molecule has 8 nitrogen and oxygen atoms in total. The Morgan fingerprint density at radius 2 is 2.28 bits per heavy atom. The molecular weight excluding hydrogens is 242 g/mol. The van der Waals surface area contributed by atoms with Crippen LogP contribution in [0.15, 0.2) is 21.2 Å². The summed E-state index contributed by atoms with van der Waals surface area (Å²) in [6.07, 6.45) is 1.53. The molecule has 0 aromatic carbocycles. The summed E-state index contributed by atoms with van der Waals surface area (Å²) >= 11 is 0. The molecule has 0 fully saturated rings. The van der Waals surface area contributed by atoms with E-state index in [9.17, 15) is 9.59 Å². The number of aromatic carboxylic acids is 1. The van der Waals surface area contributed by atoms with Crippen molar-refractivity contribution in [1.29, 1.82) is 0 Å². The second-order valence-corrected chi connectivity index (χ2v) is 3.43. The summed E-state index contributed by atoms with van der Waals surface area (Å²) in [6.45, 7) is 1.82. The van der Waals surface area contributed by atoms with Gasteiger partial charge in [0, 0.05) is 6.07 Å². The highest BCUT2D eigenvalue weighted by Crippen LogP contribution is 2.05. The number of aromatic nitrogens is 2. The molecule has 2 rings (SSSR count). The summed E-state index contributed by atoms with van der Waals surface area (Å²) in [5.74, 6) is -1.27. The van der Waals surface area contributed by atoms with Crippen LogP contribution in [0.25, 0.3) is 0 Å². The van der Waals surface area contributed by atoms with E-state index in [4.69, 9.17) is 9.52 Å². The maximum Gasteiger partial charge on any atom is 0.374 e. The van der Waals surface area contributed by atoms with Crippen LogP contribution in [0, 0.1) is 6.92 Å². The lowest BCUT2D eigenvalue weighted by Crippen LogP contribution is -2.23. The lowest BCUT2D eigenvalue weighted by molar-refractivity contribution is 0.0651. The molecule has 2 aromatic rings. The molecule has 0 radical (unpaired) electrons. The van der Waals surface area contributed by atoms with E-state index in [2.05, 4.69) is 20.0 Å². The fourth-order valence-electron chi connectivity index (χ4n) is 1.21. The van der Waals surface area contributed by atoms with E-state index in [1.54, 1.807) is 6.92 Å². The summed E-state index contributed by atoms with van der Waals surface area (Å²) in [5.41, 5.74) is -0.115. The molecule has 0 aliphatic rings. The number of carbonyl (C=O) groups is 2. The highest BCUT2D eigenvalue weighted by Gasteiger charge is 2.16. The summed E-state index contributed by atoms with van der Waals surface area (Å²) in [4.78, 5) is 26.0. The van der Waals surface area contributed by atoms with E-state index in [0.29, 0.717) is 11.7 Å². The first-order valence-electron chi connectivity index (χ1n) is 4.96. The van der Waals surface area contributed by atoms with Crippen LogP contribution in [0.5, 0.6) is 0 Å². The van der Waals surface area contributed by atoms with Crippen molar-refractivity contribution in [3.05, 3.63) is 35.4 Å². The minimum absolute atomic E-state index is 0.0853. The van der Waals surface area contributed by atoms with Crippen molar-refractivity contribution in [2.75, 3.05) is 0 Å². The Morgan fingerprint density at radius 3 is 2.83 bits per heavy atom. The molecule has 0 unspecified atom stereocenters. The largest absolute Gasteiger partial charge is 0.475 e. The number of nitrogens with one attached hydrogen (secondary N) is 1. The third-order valence-corrected chi connectivity index (χ3v) is 2.02. The minimum Gasteiger partial charge on any atom is -0.475 e. The predicted molar refractivity (Wildman–Crippen MR) is 55.9 cm³/mol. The third-order valence-electron chi connectivity index (χ3n) is 2.02. The number of carbonyl (C=O) groups excluding carboxylic acids is 1. The monoisotopic (exact) mass is 251 g/mol. The van der Waals surface area contributed by atoms with Crippen LogP contribution in [-0.2, 0) is 6.54 Å².